The largest absolute Gasteiger partial charge is 0.497 e. The maximum Gasteiger partial charge on any atom is 0.118 e. The molecule has 0 heterocycles. The van der Waals surface area contributed by atoms with Crippen LogP contribution in [-0.2, 0) is 11.3 Å². The molecule has 0 saturated carbocycles. The number of allylic oxidation sites excluding steroid dienone is 3. The molecular formula is C20H28O3. The summed E-state index contributed by atoms with van der Waals surface area (Å²) in [5, 5.41) is 9.40. The highest BCUT2D eigenvalue weighted by atomic mass is 16.5. The Morgan fingerprint density at radius 1 is 1.13 bits per heavy atom. The van der Waals surface area contributed by atoms with E-state index in [0.717, 1.165) is 44.5 Å². The van der Waals surface area contributed by atoms with Crippen molar-refractivity contribution < 1.29 is 14.6 Å². The van der Waals surface area contributed by atoms with Gasteiger partial charge in [-0.1, -0.05) is 36.4 Å². The molecule has 0 aromatic heterocycles. The van der Waals surface area contributed by atoms with Gasteiger partial charge in [0, 0.05) is 6.61 Å². The Morgan fingerprint density at radius 3 is 2.65 bits per heavy atom. The molecule has 1 aromatic carbocycles. The van der Waals surface area contributed by atoms with E-state index >= 15 is 0 Å². The number of benzene rings is 1. The minimum absolute atomic E-state index is 0.226. The van der Waals surface area contributed by atoms with Crippen molar-refractivity contribution in [2.45, 2.75) is 44.8 Å². The lowest BCUT2D eigenvalue weighted by molar-refractivity contribution is 0.117. The second-order valence-corrected chi connectivity index (χ2v) is 6.05. The molecule has 2 rings (SSSR count). The minimum Gasteiger partial charge on any atom is -0.497 e. The average Bonchev–Trinajstić information content (AvgIpc) is 2.99. The first-order valence-corrected chi connectivity index (χ1v) is 8.50. The fourth-order valence-corrected chi connectivity index (χ4v) is 2.69. The van der Waals surface area contributed by atoms with Gasteiger partial charge in [-0.05, 0) is 55.7 Å². The van der Waals surface area contributed by atoms with Crippen LogP contribution in [0.2, 0.25) is 0 Å². The van der Waals surface area contributed by atoms with Crippen molar-refractivity contribution in [1.82, 2.24) is 0 Å². The van der Waals surface area contributed by atoms with Crippen molar-refractivity contribution in [1.29, 1.82) is 0 Å². The zero-order chi connectivity index (χ0) is 16.3. The first-order valence-electron chi connectivity index (χ1n) is 8.50. The quantitative estimate of drug-likeness (QED) is 0.517. The molecule has 0 saturated heterocycles. The van der Waals surface area contributed by atoms with E-state index < -0.39 is 0 Å². The number of hydrogen-bond donors (Lipinski definition) is 1. The van der Waals surface area contributed by atoms with E-state index in [1.54, 1.807) is 7.11 Å². The Kier molecular flexibility index (Phi) is 7.91. The van der Waals surface area contributed by atoms with Gasteiger partial charge in [0.25, 0.3) is 0 Å². The fraction of sp³-hybridized carbons (Fsp3) is 0.500. The molecule has 126 valence electrons. The van der Waals surface area contributed by atoms with Crippen molar-refractivity contribution in [3.63, 3.8) is 0 Å². The molecule has 3 nitrogen and oxygen atoms in total. The molecule has 0 amide bonds. The molecule has 0 radical (unpaired) electrons. The third-order valence-corrected chi connectivity index (χ3v) is 4.09. The molecule has 0 bridgehead atoms. The van der Waals surface area contributed by atoms with Gasteiger partial charge in [-0.3, -0.25) is 0 Å². The maximum absolute atomic E-state index is 9.40. The Labute approximate surface area is 139 Å². The van der Waals surface area contributed by atoms with Crippen LogP contribution in [0.4, 0.5) is 0 Å². The zero-order valence-corrected chi connectivity index (χ0v) is 14.0. The lowest BCUT2D eigenvalue weighted by atomic mass is 10.0. The SMILES string of the molecule is COc1ccc(COCCCC/C=C\C[C@H]2C=C[C@@H](O)C2)cc1. The monoisotopic (exact) mass is 316 g/mol. The highest BCUT2D eigenvalue weighted by Crippen LogP contribution is 2.21. The van der Waals surface area contributed by atoms with Crippen LogP contribution in [0.15, 0.2) is 48.6 Å². The summed E-state index contributed by atoms with van der Waals surface area (Å²) >= 11 is 0. The van der Waals surface area contributed by atoms with Crippen LogP contribution in [0.1, 0.15) is 37.7 Å². The van der Waals surface area contributed by atoms with Crippen LogP contribution >= 0.6 is 0 Å². The second kappa shape index (κ2) is 10.2. The summed E-state index contributed by atoms with van der Waals surface area (Å²) in [5.41, 5.74) is 1.18. The van der Waals surface area contributed by atoms with Gasteiger partial charge in [0.1, 0.15) is 5.75 Å². The number of ether oxygens (including phenoxy) is 2. The van der Waals surface area contributed by atoms with Gasteiger partial charge in [-0.2, -0.15) is 0 Å². The summed E-state index contributed by atoms with van der Waals surface area (Å²) in [6, 6.07) is 8.00. The molecule has 0 spiro atoms. The summed E-state index contributed by atoms with van der Waals surface area (Å²) in [4.78, 5) is 0. The Bertz CT molecular complexity index is 490. The normalized spacial score (nSPS) is 20.4. The first kappa shape index (κ1) is 17.8. The van der Waals surface area contributed by atoms with E-state index in [1.807, 2.05) is 30.3 Å². The van der Waals surface area contributed by atoms with Gasteiger partial charge in [-0.25, -0.2) is 0 Å². The van der Waals surface area contributed by atoms with Crippen molar-refractivity contribution in [2.24, 2.45) is 5.92 Å². The number of methoxy groups -OCH3 is 1. The smallest absolute Gasteiger partial charge is 0.118 e. The standard InChI is InChI=1S/C20H28O3/c1-22-20-12-9-18(10-13-20)16-23-14-6-4-2-3-5-7-17-8-11-19(21)15-17/h3,5,8-13,17,19,21H,2,4,6-7,14-16H2,1H3/b5-3-/t17-,19+/m0/s1. The predicted molar refractivity (Wildman–Crippen MR) is 93.5 cm³/mol. The third-order valence-electron chi connectivity index (χ3n) is 4.09. The highest BCUT2D eigenvalue weighted by molar-refractivity contribution is 5.26. The van der Waals surface area contributed by atoms with Crippen molar-refractivity contribution in [3.8, 4) is 5.75 Å². The molecular weight excluding hydrogens is 288 g/mol. The van der Waals surface area contributed by atoms with Gasteiger partial charge in [0.05, 0.1) is 19.8 Å². The Balaban J connectivity index is 1.45. The van der Waals surface area contributed by atoms with Crippen LogP contribution in [0, 0.1) is 5.92 Å². The minimum atomic E-state index is -0.226. The number of rotatable bonds is 10. The Morgan fingerprint density at radius 2 is 1.96 bits per heavy atom. The summed E-state index contributed by atoms with van der Waals surface area (Å²) in [6.45, 7) is 1.47. The van der Waals surface area contributed by atoms with Gasteiger partial charge in [0.15, 0.2) is 0 Å². The molecule has 3 heteroatoms. The van der Waals surface area contributed by atoms with E-state index in [2.05, 4.69) is 18.2 Å². The second-order valence-electron chi connectivity index (χ2n) is 6.05. The average molecular weight is 316 g/mol. The highest BCUT2D eigenvalue weighted by Gasteiger charge is 2.14. The lowest BCUT2D eigenvalue weighted by Crippen LogP contribution is -2.00. The molecule has 1 N–H and O–H groups in total. The first-order chi connectivity index (χ1) is 11.3. The number of aliphatic hydroxyl groups is 1. The lowest BCUT2D eigenvalue weighted by Gasteiger charge is -2.05. The Hall–Kier alpha value is -1.58. The van der Waals surface area contributed by atoms with Gasteiger partial charge in [-0.15, -0.1) is 0 Å². The van der Waals surface area contributed by atoms with E-state index in [9.17, 15) is 5.11 Å². The molecule has 1 aliphatic rings. The predicted octanol–water partition coefficient (Wildman–Crippen LogP) is 4.27. The molecule has 0 unspecified atom stereocenters. The fourth-order valence-electron chi connectivity index (χ4n) is 2.69. The number of unbranched alkanes of at least 4 members (excludes halogenated alkanes) is 2. The van der Waals surface area contributed by atoms with Gasteiger partial charge >= 0.3 is 0 Å². The van der Waals surface area contributed by atoms with E-state index in [0.29, 0.717) is 12.5 Å². The van der Waals surface area contributed by atoms with Crippen LogP contribution in [-0.4, -0.2) is 24.9 Å². The summed E-state index contributed by atoms with van der Waals surface area (Å²) in [7, 11) is 1.67. The molecule has 0 fully saturated rings. The summed E-state index contributed by atoms with van der Waals surface area (Å²) in [6.07, 6.45) is 13.6. The van der Waals surface area contributed by atoms with E-state index in [4.69, 9.17) is 9.47 Å². The number of aliphatic hydroxyl groups excluding tert-OH is 1. The van der Waals surface area contributed by atoms with Crippen molar-refractivity contribution in [3.05, 3.63) is 54.1 Å². The van der Waals surface area contributed by atoms with Crippen LogP contribution < -0.4 is 4.74 Å². The van der Waals surface area contributed by atoms with Gasteiger partial charge < -0.3 is 14.6 Å². The van der Waals surface area contributed by atoms with Crippen molar-refractivity contribution in [2.75, 3.05) is 13.7 Å². The van der Waals surface area contributed by atoms with Gasteiger partial charge in [0.2, 0.25) is 0 Å². The molecule has 0 aliphatic heterocycles. The zero-order valence-electron chi connectivity index (χ0n) is 14.0. The molecule has 2 atom stereocenters. The molecule has 23 heavy (non-hydrogen) atoms. The number of hydrogen-bond acceptors (Lipinski definition) is 3. The van der Waals surface area contributed by atoms with E-state index in [1.165, 1.54) is 5.56 Å². The molecule has 1 aromatic rings. The van der Waals surface area contributed by atoms with Crippen molar-refractivity contribution >= 4 is 0 Å². The summed E-state index contributed by atoms with van der Waals surface area (Å²) in [5.74, 6) is 1.40. The van der Waals surface area contributed by atoms with E-state index in [-0.39, 0.29) is 6.10 Å². The van der Waals surface area contributed by atoms with Crippen LogP contribution in [0.5, 0.6) is 5.75 Å². The third kappa shape index (κ3) is 7.02. The molecule has 1 aliphatic carbocycles. The maximum atomic E-state index is 9.40. The topological polar surface area (TPSA) is 38.7 Å². The summed E-state index contributed by atoms with van der Waals surface area (Å²) < 4.78 is 10.8. The van der Waals surface area contributed by atoms with Crippen LogP contribution in [0.3, 0.4) is 0 Å². The van der Waals surface area contributed by atoms with Crippen LogP contribution in [0.25, 0.3) is 0 Å².